The van der Waals surface area contributed by atoms with Gasteiger partial charge in [0.1, 0.15) is 12.4 Å². The maximum absolute atomic E-state index is 12.7. The van der Waals surface area contributed by atoms with E-state index >= 15 is 0 Å². The van der Waals surface area contributed by atoms with Crippen molar-refractivity contribution in [2.45, 2.75) is 32.5 Å². The summed E-state index contributed by atoms with van der Waals surface area (Å²) in [4.78, 5) is 18.5. The van der Waals surface area contributed by atoms with Crippen LogP contribution in [-0.2, 0) is 22.8 Å². The smallest absolute Gasteiger partial charge is 0.263 e. The van der Waals surface area contributed by atoms with Crippen molar-refractivity contribution in [3.8, 4) is 5.75 Å². The second-order valence-corrected chi connectivity index (χ2v) is 6.53. The van der Waals surface area contributed by atoms with Crippen molar-refractivity contribution in [1.29, 1.82) is 0 Å². The van der Waals surface area contributed by atoms with Crippen molar-refractivity contribution in [3.05, 3.63) is 65.7 Å². The molecule has 1 heterocycles. The molecular formula is C21H26N2O3. The van der Waals surface area contributed by atoms with Gasteiger partial charge >= 0.3 is 0 Å². The molecule has 0 bridgehead atoms. The van der Waals surface area contributed by atoms with E-state index in [1.54, 1.807) is 7.11 Å². The second-order valence-electron chi connectivity index (χ2n) is 6.53. The Morgan fingerprint density at radius 3 is 2.46 bits per heavy atom. The molecule has 2 atom stereocenters. The van der Waals surface area contributed by atoms with Gasteiger partial charge in [0, 0.05) is 12.5 Å². The average Bonchev–Trinajstić information content (AvgIpc) is 3.01. The molecule has 26 heavy (non-hydrogen) atoms. The summed E-state index contributed by atoms with van der Waals surface area (Å²) < 4.78 is 5.18. The number of hydroxylamine groups is 2. The van der Waals surface area contributed by atoms with Crippen LogP contribution in [-0.4, -0.2) is 30.7 Å². The third-order valence-electron chi connectivity index (χ3n) is 4.82. The Bertz CT molecular complexity index is 703. The van der Waals surface area contributed by atoms with Gasteiger partial charge in [-0.3, -0.25) is 9.63 Å². The van der Waals surface area contributed by atoms with Crippen molar-refractivity contribution in [2.24, 2.45) is 5.92 Å². The summed E-state index contributed by atoms with van der Waals surface area (Å²) in [5.41, 5.74) is 2.18. The van der Waals surface area contributed by atoms with E-state index in [4.69, 9.17) is 9.57 Å². The lowest BCUT2D eigenvalue weighted by Crippen LogP contribution is -2.40. The van der Waals surface area contributed by atoms with Crippen LogP contribution in [0.2, 0.25) is 0 Å². The largest absolute Gasteiger partial charge is 0.497 e. The maximum atomic E-state index is 12.7. The van der Waals surface area contributed by atoms with Gasteiger partial charge < -0.3 is 10.1 Å². The Morgan fingerprint density at radius 1 is 1.08 bits per heavy atom. The number of ether oxygens (including phenoxy) is 1. The highest BCUT2D eigenvalue weighted by molar-refractivity contribution is 5.83. The molecule has 0 aromatic heterocycles. The standard InChI is InChI=1S/C21H26N2O3/c1-3-18-14-23(26-15-17-7-5-4-6-8-17)21(24)20(18)22-13-16-9-11-19(25-2)12-10-16/h4-12,18,20,22H,3,13-15H2,1-2H3/t18-,20-/m0/s1. The minimum Gasteiger partial charge on any atom is -0.497 e. The number of carbonyl (C=O) groups is 1. The lowest BCUT2D eigenvalue weighted by Gasteiger charge is -2.17. The van der Waals surface area contributed by atoms with Crippen molar-refractivity contribution < 1.29 is 14.4 Å². The molecule has 1 aliphatic heterocycles. The molecule has 1 fully saturated rings. The van der Waals surface area contributed by atoms with Crippen LogP contribution in [0.25, 0.3) is 0 Å². The van der Waals surface area contributed by atoms with Gasteiger partial charge in [0.15, 0.2) is 0 Å². The van der Waals surface area contributed by atoms with Gasteiger partial charge in [-0.15, -0.1) is 0 Å². The fourth-order valence-electron chi connectivity index (χ4n) is 3.20. The minimum absolute atomic E-state index is 0.0151. The van der Waals surface area contributed by atoms with Crippen molar-refractivity contribution in [2.75, 3.05) is 13.7 Å². The molecule has 5 heteroatoms. The summed E-state index contributed by atoms with van der Waals surface area (Å²) in [6.07, 6.45) is 0.928. The molecule has 2 aromatic rings. The molecule has 1 amide bonds. The van der Waals surface area contributed by atoms with Gasteiger partial charge in [-0.05, 0) is 29.7 Å². The lowest BCUT2D eigenvalue weighted by molar-refractivity contribution is -0.183. The maximum Gasteiger partial charge on any atom is 0.263 e. The van der Waals surface area contributed by atoms with Crippen LogP contribution in [0.15, 0.2) is 54.6 Å². The Balaban J connectivity index is 1.56. The molecule has 1 saturated heterocycles. The number of hydrogen-bond acceptors (Lipinski definition) is 4. The van der Waals surface area contributed by atoms with Crippen molar-refractivity contribution >= 4 is 5.91 Å². The summed E-state index contributed by atoms with van der Waals surface area (Å²) in [6, 6.07) is 17.6. The Labute approximate surface area is 154 Å². The van der Waals surface area contributed by atoms with Gasteiger partial charge in [0.05, 0.1) is 19.7 Å². The van der Waals surface area contributed by atoms with Gasteiger partial charge in [0.2, 0.25) is 0 Å². The van der Waals surface area contributed by atoms with E-state index in [1.807, 2.05) is 54.6 Å². The number of methoxy groups -OCH3 is 1. The van der Waals surface area contributed by atoms with E-state index in [0.717, 1.165) is 23.3 Å². The van der Waals surface area contributed by atoms with Crippen LogP contribution in [0.1, 0.15) is 24.5 Å². The first-order chi connectivity index (χ1) is 12.7. The van der Waals surface area contributed by atoms with E-state index in [2.05, 4.69) is 12.2 Å². The molecule has 3 rings (SSSR count). The quantitative estimate of drug-likeness (QED) is 0.791. The summed E-state index contributed by atoms with van der Waals surface area (Å²) in [6.45, 7) is 3.79. The lowest BCUT2D eigenvalue weighted by atomic mass is 10.0. The van der Waals surface area contributed by atoms with E-state index in [-0.39, 0.29) is 17.9 Å². The fourth-order valence-corrected chi connectivity index (χ4v) is 3.20. The third kappa shape index (κ3) is 4.42. The molecule has 0 spiro atoms. The van der Waals surface area contributed by atoms with E-state index in [1.165, 1.54) is 5.06 Å². The normalized spacial score (nSPS) is 19.8. The molecule has 0 aliphatic carbocycles. The average molecular weight is 354 g/mol. The first kappa shape index (κ1) is 18.4. The molecule has 0 radical (unpaired) electrons. The monoisotopic (exact) mass is 354 g/mol. The summed E-state index contributed by atoms with van der Waals surface area (Å²) in [7, 11) is 1.65. The highest BCUT2D eigenvalue weighted by atomic mass is 16.7. The van der Waals surface area contributed by atoms with Crippen molar-refractivity contribution in [1.82, 2.24) is 10.4 Å². The molecule has 2 aromatic carbocycles. The van der Waals surface area contributed by atoms with E-state index in [9.17, 15) is 4.79 Å². The zero-order valence-corrected chi connectivity index (χ0v) is 15.4. The number of carbonyl (C=O) groups excluding carboxylic acids is 1. The SMILES string of the molecule is CC[C@H]1CN(OCc2ccccc2)C(=O)[C@H]1NCc1ccc(OC)cc1. The Hall–Kier alpha value is -2.37. The Morgan fingerprint density at radius 2 is 1.81 bits per heavy atom. The zero-order valence-electron chi connectivity index (χ0n) is 15.4. The fraction of sp³-hybridized carbons (Fsp3) is 0.381. The molecule has 138 valence electrons. The van der Waals surface area contributed by atoms with Crippen molar-refractivity contribution in [3.63, 3.8) is 0 Å². The molecule has 5 nitrogen and oxygen atoms in total. The van der Waals surface area contributed by atoms with E-state index < -0.39 is 0 Å². The zero-order chi connectivity index (χ0) is 18.4. The predicted octanol–water partition coefficient (Wildman–Crippen LogP) is 3.15. The van der Waals surface area contributed by atoms with Crippen LogP contribution >= 0.6 is 0 Å². The molecule has 1 aliphatic rings. The second kappa shape index (κ2) is 8.83. The van der Waals surface area contributed by atoms with Crippen LogP contribution < -0.4 is 10.1 Å². The predicted molar refractivity (Wildman–Crippen MR) is 100 cm³/mol. The van der Waals surface area contributed by atoms with Crippen LogP contribution in [0.3, 0.4) is 0 Å². The topological polar surface area (TPSA) is 50.8 Å². The molecule has 0 saturated carbocycles. The summed E-state index contributed by atoms with van der Waals surface area (Å²) >= 11 is 0. The number of rotatable bonds is 8. The van der Waals surface area contributed by atoms with Crippen LogP contribution in [0.5, 0.6) is 5.75 Å². The van der Waals surface area contributed by atoms with Gasteiger partial charge in [-0.1, -0.05) is 49.4 Å². The van der Waals surface area contributed by atoms with E-state index in [0.29, 0.717) is 19.7 Å². The number of amides is 1. The number of nitrogens with one attached hydrogen (secondary N) is 1. The third-order valence-corrected chi connectivity index (χ3v) is 4.82. The van der Waals surface area contributed by atoms with Gasteiger partial charge in [-0.25, -0.2) is 5.06 Å². The number of nitrogens with zero attached hydrogens (tertiary/aromatic N) is 1. The first-order valence-electron chi connectivity index (χ1n) is 9.05. The number of benzene rings is 2. The summed E-state index contributed by atoms with van der Waals surface area (Å²) in [5, 5.41) is 4.92. The highest BCUT2D eigenvalue weighted by Gasteiger charge is 2.39. The molecule has 0 unspecified atom stereocenters. The minimum atomic E-state index is -0.210. The van der Waals surface area contributed by atoms with Crippen LogP contribution in [0, 0.1) is 5.92 Å². The highest BCUT2D eigenvalue weighted by Crippen LogP contribution is 2.23. The van der Waals surface area contributed by atoms with Gasteiger partial charge in [0.25, 0.3) is 5.91 Å². The van der Waals surface area contributed by atoms with Gasteiger partial charge in [-0.2, -0.15) is 0 Å². The number of hydrogen-bond donors (Lipinski definition) is 1. The first-order valence-corrected chi connectivity index (χ1v) is 9.05. The Kier molecular flexibility index (Phi) is 6.26. The molecular weight excluding hydrogens is 328 g/mol. The van der Waals surface area contributed by atoms with Crippen LogP contribution in [0.4, 0.5) is 0 Å². The summed E-state index contributed by atoms with van der Waals surface area (Å²) in [5.74, 6) is 1.09. The molecule has 1 N–H and O–H groups in total.